The fourth-order valence-corrected chi connectivity index (χ4v) is 3.87. The Kier molecular flexibility index (Phi) is 9.84. The molecule has 0 aromatic carbocycles. The quantitative estimate of drug-likeness (QED) is 0.221. The third-order valence-corrected chi connectivity index (χ3v) is 5.99. The summed E-state index contributed by atoms with van der Waals surface area (Å²) in [4.78, 5) is 25.9. The molecule has 3 fully saturated rings. The zero-order valence-electron chi connectivity index (χ0n) is 18.1. The van der Waals surface area contributed by atoms with Crippen molar-refractivity contribution in [3.05, 3.63) is 0 Å². The van der Waals surface area contributed by atoms with E-state index in [1.54, 1.807) is 0 Å². The Balaban J connectivity index is 1.29. The van der Waals surface area contributed by atoms with Crippen molar-refractivity contribution < 1.29 is 28.5 Å². The van der Waals surface area contributed by atoms with Crippen molar-refractivity contribution in [3.63, 3.8) is 0 Å². The van der Waals surface area contributed by atoms with Crippen LogP contribution in [-0.2, 0) is 28.5 Å². The first kappa shape index (κ1) is 23.4. The van der Waals surface area contributed by atoms with Gasteiger partial charge in [-0.15, -0.1) is 0 Å². The summed E-state index contributed by atoms with van der Waals surface area (Å²) in [6.45, 7) is 5.47. The molecule has 2 N–H and O–H groups in total. The molecular formula is C22H38N2O6. The van der Waals surface area contributed by atoms with E-state index in [0.717, 1.165) is 58.2 Å². The van der Waals surface area contributed by atoms with Gasteiger partial charge in [-0.1, -0.05) is 19.3 Å². The fraction of sp³-hybridized carbons (Fsp3) is 0.909. The summed E-state index contributed by atoms with van der Waals surface area (Å²) in [5.74, 6) is -0.223. The second-order valence-electron chi connectivity index (χ2n) is 8.63. The molecule has 2 heterocycles. The van der Waals surface area contributed by atoms with E-state index in [-0.39, 0.29) is 11.8 Å². The molecule has 3 aliphatic rings. The Morgan fingerprint density at radius 3 is 1.67 bits per heavy atom. The second kappa shape index (κ2) is 12.6. The highest BCUT2D eigenvalue weighted by molar-refractivity contribution is 6.05. The molecule has 0 radical (unpaired) electrons. The molecule has 0 spiro atoms. The van der Waals surface area contributed by atoms with Crippen molar-refractivity contribution in [2.75, 3.05) is 52.7 Å². The van der Waals surface area contributed by atoms with Gasteiger partial charge in [0.15, 0.2) is 0 Å². The number of carbonyl (C=O) groups excluding carboxylic acids is 2. The molecule has 1 aliphatic carbocycles. The van der Waals surface area contributed by atoms with Gasteiger partial charge in [0.2, 0.25) is 11.8 Å². The largest absolute Gasteiger partial charge is 0.379 e. The maximum absolute atomic E-state index is 12.9. The maximum atomic E-state index is 12.9. The highest BCUT2D eigenvalue weighted by Gasteiger charge is 2.45. The Morgan fingerprint density at radius 2 is 1.23 bits per heavy atom. The van der Waals surface area contributed by atoms with E-state index in [0.29, 0.717) is 64.6 Å². The summed E-state index contributed by atoms with van der Waals surface area (Å²) in [7, 11) is 0. The van der Waals surface area contributed by atoms with Crippen molar-refractivity contribution in [2.24, 2.45) is 5.41 Å². The summed E-state index contributed by atoms with van der Waals surface area (Å²) in [5.41, 5.74) is -0.905. The normalized spacial score (nSPS) is 24.3. The van der Waals surface area contributed by atoms with E-state index >= 15 is 0 Å². The third kappa shape index (κ3) is 8.13. The predicted molar refractivity (Wildman–Crippen MR) is 111 cm³/mol. The molecule has 2 unspecified atom stereocenters. The van der Waals surface area contributed by atoms with Gasteiger partial charge in [0.1, 0.15) is 17.6 Å². The first-order chi connectivity index (χ1) is 14.7. The topological polar surface area (TPSA) is 102 Å². The molecule has 30 heavy (non-hydrogen) atoms. The molecule has 0 bridgehead atoms. The van der Waals surface area contributed by atoms with Gasteiger partial charge in [-0.2, -0.15) is 0 Å². The SMILES string of the molecule is O=C(NCCCCOCC1CO1)C1(C(=O)NCCCCOCC2CO2)CCCCC1. The smallest absolute Gasteiger partial charge is 0.235 e. The number of amides is 2. The first-order valence-corrected chi connectivity index (χ1v) is 11.7. The maximum Gasteiger partial charge on any atom is 0.235 e. The standard InChI is InChI=1S/C22H38N2O6/c25-20(23-10-4-6-12-27-14-18-16-29-18)22(8-2-1-3-9-22)21(26)24-11-5-7-13-28-15-19-17-30-19/h18-19H,1-17H2,(H,23,25)(H,24,26). The lowest BCUT2D eigenvalue weighted by atomic mass is 9.72. The Morgan fingerprint density at radius 1 is 0.767 bits per heavy atom. The first-order valence-electron chi connectivity index (χ1n) is 11.7. The van der Waals surface area contributed by atoms with E-state index < -0.39 is 5.41 Å². The average molecular weight is 427 g/mol. The van der Waals surface area contributed by atoms with Crippen molar-refractivity contribution in [3.8, 4) is 0 Å². The third-order valence-electron chi connectivity index (χ3n) is 5.99. The Hall–Kier alpha value is -1.22. The van der Waals surface area contributed by atoms with Crippen LogP contribution in [0.15, 0.2) is 0 Å². The minimum absolute atomic E-state index is 0.111. The average Bonchev–Trinajstić information content (AvgIpc) is 3.68. The summed E-state index contributed by atoms with van der Waals surface area (Å²) in [5, 5.41) is 6.02. The van der Waals surface area contributed by atoms with E-state index in [9.17, 15) is 9.59 Å². The highest BCUT2D eigenvalue weighted by Crippen LogP contribution is 2.37. The van der Waals surface area contributed by atoms with Crippen molar-refractivity contribution in [1.29, 1.82) is 0 Å². The molecule has 1 saturated carbocycles. The molecule has 8 nitrogen and oxygen atoms in total. The molecule has 2 amide bonds. The number of ether oxygens (including phenoxy) is 4. The van der Waals surface area contributed by atoms with Gasteiger partial charge in [-0.3, -0.25) is 9.59 Å². The van der Waals surface area contributed by atoms with E-state index in [1.165, 1.54) is 0 Å². The number of rotatable bonds is 16. The molecule has 0 aromatic heterocycles. The summed E-state index contributed by atoms with van der Waals surface area (Å²) in [6, 6.07) is 0. The molecular weight excluding hydrogens is 388 g/mol. The van der Waals surface area contributed by atoms with Gasteiger partial charge in [0.25, 0.3) is 0 Å². The minimum Gasteiger partial charge on any atom is -0.379 e. The number of hydrogen-bond donors (Lipinski definition) is 2. The molecule has 2 aliphatic heterocycles. The summed E-state index contributed by atoms with van der Waals surface area (Å²) in [6.07, 6.45) is 8.28. The van der Waals surface area contributed by atoms with Crippen LogP contribution in [0.1, 0.15) is 57.8 Å². The number of epoxide rings is 2. The van der Waals surface area contributed by atoms with Crippen LogP contribution in [0.3, 0.4) is 0 Å². The van der Waals surface area contributed by atoms with Gasteiger partial charge >= 0.3 is 0 Å². The Labute approximate surface area is 179 Å². The minimum atomic E-state index is -0.905. The lowest BCUT2D eigenvalue weighted by Crippen LogP contribution is -2.52. The number of hydrogen-bond acceptors (Lipinski definition) is 6. The van der Waals surface area contributed by atoms with Gasteiger partial charge < -0.3 is 29.6 Å². The zero-order valence-corrected chi connectivity index (χ0v) is 18.1. The van der Waals surface area contributed by atoms with Gasteiger partial charge in [0.05, 0.1) is 26.4 Å². The zero-order chi connectivity index (χ0) is 21.1. The molecule has 2 atom stereocenters. The summed E-state index contributed by atoms with van der Waals surface area (Å²) >= 11 is 0. The van der Waals surface area contributed by atoms with E-state index in [2.05, 4.69) is 10.6 Å². The van der Waals surface area contributed by atoms with Gasteiger partial charge in [-0.25, -0.2) is 0 Å². The predicted octanol–water partition coefficient (Wildman–Crippen LogP) is 1.56. The van der Waals surface area contributed by atoms with Crippen LogP contribution in [-0.4, -0.2) is 76.8 Å². The van der Waals surface area contributed by atoms with E-state index in [4.69, 9.17) is 18.9 Å². The summed E-state index contributed by atoms with van der Waals surface area (Å²) < 4.78 is 21.2. The molecule has 3 rings (SSSR count). The number of carbonyl (C=O) groups is 2. The highest BCUT2D eigenvalue weighted by atomic mass is 16.6. The van der Waals surface area contributed by atoms with Crippen molar-refractivity contribution in [2.45, 2.75) is 70.0 Å². The van der Waals surface area contributed by atoms with Crippen LogP contribution in [0.2, 0.25) is 0 Å². The number of nitrogens with one attached hydrogen (secondary N) is 2. The van der Waals surface area contributed by atoms with Crippen LogP contribution >= 0.6 is 0 Å². The van der Waals surface area contributed by atoms with Gasteiger partial charge in [-0.05, 0) is 38.5 Å². The molecule has 2 saturated heterocycles. The van der Waals surface area contributed by atoms with Crippen molar-refractivity contribution in [1.82, 2.24) is 10.6 Å². The van der Waals surface area contributed by atoms with Gasteiger partial charge in [0, 0.05) is 26.3 Å². The monoisotopic (exact) mass is 426 g/mol. The Bertz CT molecular complexity index is 490. The molecule has 172 valence electrons. The number of unbranched alkanes of at least 4 members (excludes halogenated alkanes) is 2. The lowest BCUT2D eigenvalue weighted by Gasteiger charge is -2.34. The molecule has 8 heteroatoms. The fourth-order valence-electron chi connectivity index (χ4n) is 3.87. The van der Waals surface area contributed by atoms with Crippen LogP contribution in [0, 0.1) is 5.41 Å². The van der Waals surface area contributed by atoms with Crippen LogP contribution in [0.4, 0.5) is 0 Å². The van der Waals surface area contributed by atoms with Crippen LogP contribution in [0.25, 0.3) is 0 Å². The van der Waals surface area contributed by atoms with E-state index in [1.807, 2.05) is 0 Å². The second-order valence-corrected chi connectivity index (χ2v) is 8.63. The van der Waals surface area contributed by atoms with Crippen molar-refractivity contribution >= 4 is 11.8 Å². The molecule has 0 aromatic rings. The van der Waals surface area contributed by atoms with Crippen LogP contribution in [0.5, 0.6) is 0 Å². The lowest BCUT2D eigenvalue weighted by molar-refractivity contribution is -0.146. The van der Waals surface area contributed by atoms with Crippen LogP contribution < -0.4 is 10.6 Å².